The number of benzene rings is 3. The SMILES string of the molecule is Cc1ccc2nc(SCC(=O)N/N=C/c3cccc4ccccc34)cc(C)c2c1. The van der Waals surface area contributed by atoms with Crippen molar-refractivity contribution in [3.8, 4) is 0 Å². The molecular formula is C24H21N3OS. The molecule has 0 aliphatic heterocycles. The summed E-state index contributed by atoms with van der Waals surface area (Å²) in [6.07, 6.45) is 1.69. The van der Waals surface area contributed by atoms with Crippen molar-refractivity contribution in [1.82, 2.24) is 10.4 Å². The van der Waals surface area contributed by atoms with Gasteiger partial charge in [0.1, 0.15) is 0 Å². The van der Waals surface area contributed by atoms with Crippen molar-refractivity contribution in [2.24, 2.45) is 5.10 Å². The summed E-state index contributed by atoms with van der Waals surface area (Å²) in [6, 6.07) is 22.4. The quantitative estimate of drug-likeness (QED) is 0.283. The van der Waals surface area contributed by atoms with Gasteiger partial charge in [-0.15, -0.1) is 0 Å². The number of amides is 1. The Kier molecular flexibility index (Phi) is 5.58. The second-order valence-corrected chi connectivity index (χ2v) is 7.94. The third-order valence-electron chi connectivity index (χ3n) is 4.71. The first kappa shape index (κ1) is 19.2. The van der Waals surface area contributed by atoms with E-state index in [9.17, 15) is 4.79 Å². The average molecular weight is 400 g/mol. The van der Waals surface area contributed by atoms with Crippen LogP contribution in [0.3, 0.4) is 0 Å². The van der Waals surface area contributed by atoms with Gasteiger partial charge >= 0.3 is 0 Å². The molecule has 29 heavy (non-hydrogen) atoms. The lowest BCUT2D eigenvalue weighted by atomic mass is 10.1. The molecule has 1 N–H and O–H groups in total. The zero-order valence-electron chi connectivity index (χ0n) is 16.3. The van der Waals surface area contributed by atoms with Crippen LogP contribution in [0.4, 0.5) is 0 Å². The lowest BCUT2D eigenvalue weighted by Gasteiger charge is -2.07. The number of carbonyl (C=O) groups is 1. The fraction of sp³-hybridized carbons (Fsp3) is 0.125. The van der Waals surface area contributed by atoms with Gasteiger partial charge in [-0.3, -0.25) is 4.79 Å². The Balaban J connectivity index is 1.39. The molecule has 0 spiro atoms. The number of rotatable bonds is 5. The molecule has 5 heteroatoms. The molecule has 4 rings (SSSR count). The van der Waals surface area contributed by atoms with Crippen molar-refractivity contribution >= 4 is 45.6 Å². The molecule has 0 radical (unpaired) electrons. The molecule has 0 unspecified atom stereocenters. The van der Waals surface area contributed by atoms with Gasteiger partial charge in [-0.2, -0.15) is 5.10 Å². The van der Waals surface area contributed by atoms with Gasteiger partial charge in [0.25, 0.3) is 0 Å². The fourth-order valence-corrected chi connectivity index (χ4v) is 4.03. The highest BCUT2D eigenvalue weighted by atomic mass is 32.2. The van der Waals surface area contributed by atoms with E-state index in [-0.39, 0.29) is 11.7 Å². The van der Waals surface area contributed by atoms with Crippen LogP contribution in [-0.2, 0) is 4.79 Å². The number of thioether (sulfide) groups is 1. The third kappa shape index (κ3) is 4.46. The van der Waals surface area contributed by atoms with Gasteiger partial charge in [-0.25, -0.2) is 10.4 Å². The normalized spacial score (nSPS) is 11.4. The number of hydrogen-bond donors (Lipinski definition) is 1. The number of pyridine rings is 1. The van der Waals surface area contributed by atoms with Gasteiger partial charge in [0.05, 0.1) is 22.5 Å². The monoisotopic (exact) mass is 399 g/mol. The number of nitrogens with one attached hydrogen (secondary N) is 1. The van der Waals surface area contributed by atoms with Gasteiger partial charge in [-0.1, -0.05) is 65.9 Å². The number of carbonyl (C=O) groups excluding carboxylic acids is 1. The van der Waals surface area contributed by atoms with E-state index < -0.39 is 0 Å². The average Bonchev–Trinajstić information content (AvgIpc) is 2.73. The van der Waals surface area contributed by atoms with Crippen LogP contribution in [0, 0.1) is 13.8 Å². The molecule has 0 fully saturated rings. The van der Waals surface area contributed by atoms with Crippen molar-refractivity contribution < 1.29 is 4.79 Å². The van der Waals surface area contributed by atoms with E-state index in [1.54, 1.807) is 6.21 Å². The predicted octanol–water partition coefficient (Wildman–Crippen LogP) is 5.25. The van der Waals surface area contributed by atoms with Crippen LogP contribution >= 0.6 is 11.8 Å². The van der Waals surface area contributed by atoms with Gasteiger partial charge in [-0.05, 0) is 48.4 Å². The fourth-order valence-electron chi connectivity index (χ4n) is 3.26. The minimum atomic E-state index is -0.157. The highest BCUT2D eigenvalue weighted by Crippen LogP contribution is 2.24. The van der Waals surface area contributed by atoms with Crippen LogP contribution in [-0.4, -0.2) is 22.9 Å². The molecule has 3 aromatic carbocycles. The van der Waals surface area contributed by atoms with Gasteiger partial charge in [0, 0.05) is 10.9 Å². The Bertz CT molecular complexity index is 1230. The number of hydrazone groups is 1. The third-order valence-corrected chi connectivity index (χ3v) is 5.63. The van der Waals surface area contributed by atoms with Crippen LogP contribution in [0.25, 0.3) is 21.7 Å². The van der Waals surface area contributed by atoms with Crippen LogP contribution in [0.5, 0.6) is 0 Å². The van der Waals surface area contributed by atoms with Crippen LogP contribution < -0.4 is 5.43 Å². The predicted molar refractivity (Wildman–Crippen MR) is 122 cm³/mol. The number of hydrogen-bond acceptors (Lipinski definition) is 4. The van der Waals surface area contributed by atoms with E-state index in [0.717, 1.165) is 37.8 Å². The topological polar surface area (TPSA) is 54.4 Å². The van der Waals surface area contributed by atoms with Crippen molar-refractivity contribution in [3.63, 3.8) is 0 Å². The Morgan fingerprint density at radius 2 is 1.86 bits per heavy atom. The summed E-state index contributed by atoms with van der Waals surface area (Å²) < 4.78 is 0. The van der Waals surface area contributed by atoms with E-state index in [1.165, 1.54) is 17.3 Å². The highest BCUT2D eigenvalue weighted by molar-refractivity contribution is 7.99. The second kappa shape index (κ2) is 8.45. The molecule has 4 nitrogen and oxygen atoms in total. The van der Waals surface area contributed by atoms with Crippen LogP contribution in [0.1, 0.15) is 16.7 Å². The molecule has 1 heterocycles. The van der Waals surface area contributed by atoms with Crippen molar-refractivity contribution in [3.05, 3.63) is 83.4 Å². The van der Waals surface area contributed by atoms with Crippen molar-refractivity contribution in [2.75, 3.05) is 5.75 Å². The maximum Gasteiger partial charge on any atom is 0.250 e. The minimum absolute atomic E-state index is 0.157. The molecule has 0 aliphatic rings. The summed E-state index contributed by atoms with van der Waals surface area (Å²) >= 11 is 1.41. The summed E-state index contributed by atoms with van der Waals surface area (Å²) in [5, 5.41) is 8.36. The first-order valence-corrected chi connectivity index (χ1v) is 10.4. The lowest BCUT2D eigenvalue weighted by Crippen LogP contribution is -2.19. The van der Waals surface area contributed by atoms with E-state index in [2.05, 4.69) is 53.6 Å². The minimum Gasteiger partial charge on any atom is -0.272 e. The van der Waals surface area contributed by atoms with Gasteiger partial charge in [0.2, 0.25) is 5.91 Å². The Hall–Kier alpha value is -3.18. The van der Waals surface area contributed by atoms with Crippen molar-refractivity contribution in [2.45, 2.75) is 18.9 Å². The Morgan fingerprint density at radius 3 is 2.76 bits per heavy atom. The van der Waals surface area contributed by atoms with E-state index in [1.807, 2.05) is 42.5 Å². The maximum atomic E-state index is 12.2. The summed E-state index contributed by atoms with van der Waals surface area (Å²) in [6.45, 7) is 4.15. The molecule has 4 aromatic rings. The lowest BCUT2D eigenvalue weighted by molar-refractivity contribution is -0.118. The molecule has 0 saturated carbocycles. The molecule has 144 valence electrons. The second-order valence-electron chi connectivity index (χ2n) is 6.95. The van der Waals surface area contributed by atoms with Gasteiger partial charge < -0.3 is 0 Å². The summed E-state index contributed by atoms with van der Waals surface area (Å²) in [5.74, 6) is 0.103. The van der Waals surface area contributed by atoms with E-state index in [0.29, 0.717) is 0 Å². The number of aromatic nitrogens is 1. The summed E-state index contributed by atoms with van der Waals surface area (Å²) in [5.41, 5.74) is 6.91. The molecule has 0 aliphatic carbocycles. The maximum absolute atomic E-state index is 12.2. The molecule has 1 aromatic heterocycles. The number of aryl methyl sites for hydroxylation is 2. The van der Waals surface area contributed by atoms with Crippen LogP contribution in [0.15, 0.2) is 76.9 Å². The smallest absolute Gasteiger partial charge is 0.250 e. The molecule has 0 atom stereocenters. The molecule has 0 bridgehead atoms. The summed E-state index contributed by atoms with van der Waals surface area (Å²) in [7, 11) is 0. The summed E-state index contributed by atoms with van der Waals surface area (Å²) in [4.78, 5) is 16.8. The zero-order valence-corrected chi connectivity index (χ0v) is 17.2. The van der Waals surface area contributed by atoms with Crippen molar-refractivity contribution in [1.29, 1.82) is 0 Å². The Labute approximate surface area is 174 Å². The van der Waals surface area contributed by atoms with E-state index >= 15 is 0 Å². The highest BCUT2D eigenvalue weighted by Gasteiger charge is 2.07. The first-order chi connectivity index (χ1) is 14.1. The number of nitrogens with zero attached hydrogens (tertiary/aromatic N) is 2. The Morgan fingerprint density at radius 1 is 1.03 bits per heavy atom. The number of fused-ring (bicyclic) bond motifs is 2. The molecule has 0 saturated heterocycles. The van der Waals surface area contributed by atoms with E-state index in [4.69, 9.17) is 0 Å². The van der Waals surface area contributed by atoms with Crippen LogP contribution in [0.2, 0.25) is 0 Å². The molecule has 1 amide bonds. The zero-order chi connectivity index (χ0) is 20.2. The molecular weight excluding hydrogens is 378 g/mol. The first-order valence-electron chi connectivity index (χ1n) is 9.40. The standard InChI is InChI=1S/C24H21N3OS/c1-16-10-11-22-21(12-16)17(2)13-24(26-22)29-15-23(28)27-25-14-19-8-5-7-18-6-3-4-9-20(18)19/h3-14H,15H2,1-2H3,(H,27,28)/b25-14+. The van der Waals surface area contributed by atoms with Gasteiger partial charge in [0.15, 0.2) is 0 Å². The largest absolute Gasteiger partial charge is 0.272 e.